The SMILES string of the molecule is CCOc1ccc(/C=N\NC(=O)CSCc2ccccc2Cl)cc1OCC. The number of carbonyl (C=O) groups excluding carboxylic acids is 1. The quantitative estimate of drug-likeness (QED) is 0.465. The molecule has 0 unspecified atom stereocenters. The second-order valence-corrected chi connectivity index (χ2v) is 6.84. The molecule has 0 radical (unpaired) electrons. The van der Waals surface area contributed by atoms with E-state index in [1.807, 2.05) is 56.3 Å². The molecule has 2 rings (SSSR count). The van der Waals surface area contributed by atoms with Crippen LogP contribution < -0.4 is 14.9 Å². The van der Waals surface area contributed by atoms with Gasteiger partial charge in [0.15, 0.2) is 11.5 Å². The van der Waals surface area contributed by atoms with Crippen LogP contribution >= 0.6 is 23.4 Å². The van der Waals surface area contributed by atoms with E-state index in [1.165, 1.54) is 11.8 Å². The van der Waals surface area contributed by atoms with Crippen molar-refractivity contribution in [3.63, 3.8) is 0 Å². The third-order valence-electron chi connectivity index (χ3n) is 3.42. The van der Waals surface area contributed by atoms with E-state index in [0.29, 0.717) is 41.2 Å². The second-order valence-electron chi connectivity index (χ2n) is 5.45. The van der Waals surface area contributed by atoms with Crippen molar-refractivity contribution in [3.05, 3.63) is 58.6 Å². The Morgan fingerprint density at radius 2 is 1.89 bits per heavy atom. The van der Waals surface area contributed by atoms with E-state index in [-0.39, 0.29) is 5.91 Å². The summed E-state index contributed by atoms with van der Waals surface area (Å²) in [4.78, 5) is 11.9. The van der Waals surface area contributed by atoms with Crippen molar-refractivity contribution in [1.82, 2.24) is 5.43 Å². The smallest absolute Gasteiger partial charge is 0.250 e. The molecule has 0 saturated heterocycles. The number of thioether (sulfide) groups is 1. The van der Waals surface area contributed by atoms with Crippen LogP contribution in [0, 0.1) is 0 Å². The van der Waals surface area contributed by atoms with Crippen LogP contribution in [0.15, 0.2) is 47.6 Å². The zero-order chi connectivity index (χ0) is 19.5. The minimum Gasteiger partial charge on any atom is -0.490 e. The van der Waals surface area contributed by atoms with Gasteiger partial charge in [0.05, 0.1) is 25.2 Å². The van der Waals surface area contributed by atoms with Crippen molar-refractivity contribution < 1.29 is 14.3 Å². The molecule has 0 aliphatic rings. The fourth-order valence-electron chi connectivity index (χ4n) is 2.23. The van der Waals surface area contributed by atoms with Gasteiger partial charge in [-0.15, -0.1) is 11.8 Å². The zero-order valence-electron chi connectivity index (χ0n) is 15.4. The van der Waals surface area contributed by atoms with Gasteiger partial charge >= 0.3 is 0 Å². The van der Waals surface area contributed by atoms with Crippen LogP contribution in [0.3, 0.4) is 0 Å². The predicted octanol–water partition coefficient (Wildman–Crippen LogP) is 4.52. The first-order valence-electron chi connectivity index (χ1n) is 8.66. The average Bonchev–Trinajstić information content (AvgIpc) is 2.66. The molecule has 144 valence electrons. The van der Waals surface area contributed by atoms with E-state index in [0.717, 1.165) is 11.1 Å². The van der Waals surface area contributed by atoms with Crippen molar-refractivity contribution in [2.24, 2.45) is 5.10 Å². The van der Waals surface area contributed by atoms with Gasteiger partial charge in [-0.3, -0.25) is 4.79 Å². The van der Waals surface area contributed by atoms with Crippen LogP contribution in [-0.2, 0) is 10.5 Å². The normalized spacial score (nSPS) is 10.8. The number of hydrogen-bond donors (Lipinski definition) is 1. The monoisotopic (exact) mass is 406 g/mol. The van der Waals surface area contributed by atoms with Gasteiger partial charge in [-0.25, -0.2) is 5.43 Å². The highest BCUT2D eigenvalue weighted by atomic mass is 35.5. The highest BCUT2D eigenvalue weighted by Gasteiger charge is 2.06. The van der Waals surface area contributed by atoms with Gasteiger partial charge in [0.1, 0.15) is 0 Å². The van der Waals surface area contributed by atoms with E-state index >= 15 is 0 Å². The third-order valence-corrected chi connectivity index (χ3v) is 4.77. The first kappa shape index (κ1) is 21.1. The molecule has 2 aromatic carbocycles. The third kappa shape index (κ3) is 7.15. The van der Waals surface area contributed by atoms with Gasteiger partial charge in [0.2, 0.25) is 5.91 Å². The second kappa shape index (κ2) is 11.5. The zero-order valence-corrected chi connectivity index (χ0v) is 17.0. The highest BCUT2D eigenvalue weighted by Crippen LogP contribution is 2.28. The maximum absolute atomic E-state index is 11.9. The molecule has 0 fully saturated rings. The topological polar surface area (TPSA) is 59.9 Å². The molecule has 5 nitrogen and oxygen atoms in total. The molecule has 0 aromatic heterocycles. The van der Waals surface area contributed by atoms with E-state index in [4.69, 9.17) is 21.1 Å². The van der Waals surface area contributed by atoms with E-state index in [2.05, 4.69) is 10.5 Å². The van der Waals surface area contributed by atoms with Crippen molar-refractivity contribution in [2.75, 3.05) is 19.0 Å². The van der Waals surface area contributed by atoms with Crippen LogP contribution in [-0.4, -0.2) is 31.1 Å². The lowest BCUT2D eigenvalue weighted by Crippen LogP contribution is -2.19. The lowest BCUT2D eigenvalue weighted by atomic mass is 10.2. The molecule has 0 saturated carbocycles. The van der Waals surface area contributed by atoms with Gasteiger partial charge in [-0.1, -0.05) is 29.8 Å². The van der Waals surface area contributed by atoms with E-state index in [9.17, 15) is 4.79 Å². The van der Waals surface area contributed by atoms with Gasteiger partial charge in [-0.2, -0.15) is 5.10 Å². The number of benzene rings is 2. The number of ether oxygens (including phenoxy) is 2. The summed E-state index contributed by atoms with van der Waals surface area (Å²) >= 11 is 7.58. The number of carbonyl (C=O) groups is 1. The Bertz CT molecular complexity index is 784. The minimum absolute atomic E-state index is 0.167. The summed E-state index contributed by atoms with van der Waals surface area (Å²) in [6, 6.07) is 13.1. The number of rotatable bonds is 10. The van der Waals surface area contributed by atoms with Crippen LogP contribution in [0.1, 0.15) is 25.0 Å². The number of hydrogen-bond acceptors (Lipinski definition) is 5. The molecular weight excluding hydrogens is 384 g/mol. The summed E-state index contributed by atoms with van der Waals surface area (Å²) in [5.74, 6) is 2.16. The Morgan fingerprint density at radius 3 is 2.63 bits per heavy atom. The molecule has 2 aromatic rings. The summed E-state index contributed by atoms with van der Waals surface area (Å²) < 4.78 is 11.1. The molecule has 0 aliphatic heterocycles. The Kier molecular flexibility index (Phi) is 9.01. The molecule has 0 heterocycles. The Labute approximate surface area is 169 Å². The summed E-state index contributed by atoms with van der Waals surface area (Å²) in [6.45, 7) is 4.94. The van der Waals surface area contributed by atoms with Gasteiger partial charge < -0.3 is 9.47 Å². The lowest BCUT2D eigenvalue weighted by Gasteiger charge is -2.11. The average molecular weight is 407 g/mol. The van der Waals surface area contributed by atoms with Crippen LogP contribution in [0.5, 0.6) is 11.5 Å². The van der Waals surface area contributed by atoms with Crippen molar-refractivity contribution in [1.29, 1.82) is 0 Å². The minimum atomic E-state index is -0.167. The molecule has 0 spiro atoms. The Morgan fingerprint density at radius 1 is 1.15 bits per heavy atom. The molecule has 1 N–H and O–H groups in total. The molecule has 0 atom stereocenters. The number of amides is 1. The molecule has 1 amide bonds. The molecule has 27 heavy (non-hydrogen) atoms. The molecular formula is C20H23ClN2O3S. The number of nitrogens with one attached hydrogen (secondary N) is 1. The maximum atomic E-state index is 11.9. The van der Waals surface area contributed by atoms with Crippen molar-refractivity contribution >= 4 is 35.5 Å². The summed E-state index contributed by atoms with van der Waals surface area (Å²) in [5, 5.41) is 4.71. The summed E-state index contributed by atoms with van der Waals surface area (Å²) in [7, 11) is 0. The fraction of sp³-hybridized carbons (Fsp3) is 0.300. The highest BCUT2D eigenvalue weighted by molar-refractivity contribution is 7.99. The Balaban J connectivity index is 1.82. The van der Waals surface area contributed by atoms with Crippen LogP contribution in [0.25, 0.3) is 0 Å². The van der Waals surface area contributed by atoms with Crippen molar-refractivity contribution in [2.45, 2.75) is 19.6 Å². The standard InChI is InChI=1S/C20H23ClN2O3S/c1-3-25-18-10-9-15(11-19(18)26-4-2)12-22-23-20(24)14-27-13-16-7-5-6-8-17(16)21/h5-12H,3-4,13-14H2,1-2H3,(H,23,24)/b22-12-. The summed E-state index contributed by atoms with van der Waals surface area (Å²) in [5.41, 5.74) is 4.35. The maximum Gasteiger partial charge on any atom is 0.250 e. The first-order valence-corrected chi connectivity index (χ1v) is 10.2. The van der Waals surface area contributed by atoms with E-state index in [1.54, 1.807) is 6.21 Å². The first-order chi connectivity index (χ1) is 13.1. The molecule has 7 heteroatoms. The predicted molar refractivity (Wildman–Crippen MR) is 112 cm³/mol. The van der Waals surface area contributed by atoms with Gasteiger partial charge in [-0.05, 0) is 49.2 Å². The number of nitrogens with zero attached hydrogens (tertiary/aromatic N) is 1. The fourth-order valence-corrected chi connectivity index (χ4v) is 3.33. The van der Waals surface area contributed by atoms with Crippen LogP contribution in [0.4, 0.5) is 0 Å². The molecule has 0 bridgehead atoms. The van der Waals surface area contributed by atoms with Gasteiger partial charge in [0.25, 0.3) is 0 Å². The number of hydrazone groups is 1. The van der Waals surface area contributed by atoms with Crippen molar-refractivity contribution in [3.8, 4) is 11.5 Å². The largest absolute Gasteiger partial charge is 0.490 e. The van der Waals surface area contributed by atoms with E-state index < -0.39 is 0 Å². The summed E-state index contributed by atoms with van der Waals surface area (Å²) in [6.07, 6.45) is 1.58. The lowest BCUT2D eigenvalue weighted by molar-refractivity contribution is -0.118. The molecule has 0 aliphatic carbocycles. The van der Waals surface area contributed by atoms with Gasteiger partial charge in [0, 0.05) is 10.8 Å². The number of halogens is 1. The Hall–Kier alpha value is -2.18. The van der Waals surface area contributed by atoms with Crippen LogP contribution in [0.2, 0.25) is 5.02 Å².